The third-order valence-electron chi connectivity index (χ3n) is 3.55. The van der Waals surface area contributed by atoms with Crippen LogP contribution in [0.1, 0.15) is 11.1 Å². The largest absolute Gasteiger partial charge is 0.364 e. The van der Waals surface area contributed by atoms with Crippen LogP contribution in [0, 0.1) is 0 Å². The van der Waals surface area contributed by atoms with Crippen molar-refractivity contribution in [3.8, 4) is 0 Å². The van der Waals surface area contributed by atoms with Crippen molar-refractivity contribution in [2.24, 2.45) is 0 Å². The van der Waals surface area contributed by atoms with Crippen LogP contribution in [-0.4, -0.2) is 7.11 Å². The van der Waals surface area contributed by atoms with Gasteiger partial charge in [0.2, 0.25) is 0 Å². The minimum atomic E-state index is -0.692. The first-order chi connectivity index (χ1) is 10.3. The second-order valence-electron chi connectivity index (χ2n) is 4.74. The summed E-state index contributed by atoms with van der Waals surface area (Å²) in [5, 5.41) is 0. The summed E-state index contributed by atoms with van der Waals surface area (Å²) in [4.78, 5) is 0. The Morgan fingerprint density at radius 3 is 1.81 bits per heavy atom. The van der Waals surface area contributed by atoms with Gasteiger partial charge in [0.05, 0.1) is 0 Å². The molecule has 0 bridgehead atoms. The molecule has 2 aromatic rings. The summed E-state index contributed by atoms with van der Waals surface area (Å²) in [6.07, 6.45) is 5.56. The molecule has 0 radical (unpaired) electrons. The van der Waals surface area contributed by atoms with Gasteiger partial charge in [0.1, 0.15) is 5.60 Å². The Kier molecular flexibility index (Phi) is 4.91. The molecule has 0 N–H and O–H groups in total. The maximum absolute atomic E-state index is 5.98. The lowest BCUT2D eigenvalue weighted by atomic mass is 9.80. The number of hydrogen-bond acceptors (Lipinski definition) is 1. The van der Waals surface area contributed by atoms with Crippen LogP contribution in [0.2, 0.25) is 0 Å². The molecule has 1 heteroatoms. The first kappa shape index (κ1) is 15.0. The number of methoxy groups -OCH3 is 1. The lowest BCUT2D eigenvalue weighted by Crippen LogP contribution is -2.31. The smallest absolute Gasteiger partial charge is 0.142 e. The van der Waals surface area contributed by atoms with Crippen molar-refractivity contribution in [3.05, 3.63) is 109 Å². The van der Waals surface area contributed by atoms with Crippen molar-refractivity contribution in [3.63, 3.8) is 0 Å². The van der Waals surface area contributed by atoms with Crippen LogP contribution in [-0.2, 0) is 10.3 Å². The van der Waals surface area contributed by atoms with E-state index in [0.29, 0.717) is 0 Å². The van der Waals surface area contributed by atoms with Gasteiger partial charge in [0.15, 0.2) is 0 Å². The molecule has 0 saturated heterocycles. The molecule has 1 nitrogen and oxygen atoms in total. The molecule has 0 unspecified atom stereocenters. The fourth-order valence-electron chi connectivity index (χ4n) is 2.55. The molecule has 0 aliphatic rings. The van der Waals surface area contributed by atoms with Crippen LogP contribution in [0.5, 0.6) is 0 Å². The molecule has 2 aromatic carbocycles. The summed E-state index contributed by atoms with van der Waals surface area (Å²) in [6, 6.07) is 20.3. The molecule has 0 aliphatic carbocycles. The summed E-state index contributed by atoms with van der Waals surface area (Å²) >= 11 is 0. The van der Waals surface area contributed by atoms with E-state index < -0.39 is 5.60 Å². The number of benzene rings is 2. The van der Waals surface area contributed by atoms with Crippen LogP contribution in [0.15, 0.2) is 97.6 Å². The third kappa shape index (κ3) is 2.88. The summed E-state index contributed by atoms with van der Waals surface area (Å²) in [7, 11) is 1.72. The normalized spacial score (nSPS) is 11.5. The van der Waals surface area contributed by atoms with Crippen LogP contribution >= 0.6 is 0 Å². The summed E-state index contributed by atoms with van der Waals surface area (Å²) in [6.45, 7) is 7.95. The lowest BCUT2D eigenvalue weighted by molar-refractivity contribution is 0.0583. The van der Waals surface area contributed by atoms with Crippen LogP contribution in [0.3, 0.4) is 0 Å². The highest BCUT2D eigenvalue weighted by molar-refractivity contribution is 5.48. The van der Waals surface area contributed by atoms with Gasteiger partial charge >= 0.3 is 0 Å². The fraction of sp³-hybridized carbons (Fsp3) is 0.100. The molecule has 2 rings (SSSR count). The maximum Gasteiger partial charge on any atom is 0.142 e. The highest BCUT2D eigenvalue weighted by Crippen LogP contribution is 2.39. The van der Waals surface area contributed by atoms with E-state index in [1.807, 2.05) is 48.6 Å². The van der Waals surface area contributed by atoms with Crippen LogP contribution in [0.4, 0.5) is 0 Å². The second kappa shape index (κ2) is 6.87. The van der Waals surface area contributed by atoms with Gasteiger partial charge in [0, 0.05) is 7.11 Å². The minimum Gasteiger partial charge on any atom is -0.364 e. The molecule has 0 atom stereocenters. The zero-order valence-electron chi connectivity index (χ0n) is 12.3. The third-order valence-corrected chi connectivity index (χ3v) is 3.55. The molecule has 0 aromatic heterocycles. The molecule has 0 amide bonds. The Morgan fingerprint density at radius 2 is 1.43 bits per heavy atom. The van der Waals surface area contributed by atoms with Gasteiger partial charge in [-0.25, -0.2) is 0 Å². The summed E-state index contributed by atoms with van der Waals surface area (Å²) < 4.78 is 5.98. The van der Waals surface area contributed by atoms with E-state index in [1.54, 1.807) is 13.2 Å². The summed E-state index contributed by atoms with van der Waals surface area (Å²) in [5.74, 6) is 0. The average molecular weight is 276 g/mol. The van der Waals surface area contributed by atoms with E-state index in [2.05, 4.69) is 37.4 Å². The molecule has 0 spiro atoms. The first-order valence-corrected chi connectivity index (χ1v) is 6.90. The van der Waals surface area contributed by atoms with Gasteiger partial charge in [0.25, 0.3) is 0 Å². The number of rotatable bonds is 6. The Bertz CT molecular complexity index is 584. The highest BCUT2D eigenvalue weighted by Gasteiger charge is 2.36. The van der Waals surface area contributed by atoms with Crippen molar-refractivity contribution in [2.75, 3.05) is 7.11 Å². The SMILES string of the molecule is C=C/C=C\C(=C)C(OC)(c1ccccc1)c1ccccc1. The molecule has 0 saturated carbocycles. The fourth-order valence-corrected chi connectivity index (χ4v) is 2.55. The molecular weight excluding hydrogens is 256 g/mol. The van der Waals surface area contributed by atoms with Gasteiger partial charge in [-0.15, -0.1) is 0 Å². The topological polar surface area (TPSA) is 9.23 Å². The van der Waals surface area contributed by atoms with Crippen LogP contribution < -0.4 is 0 Å². The van der Waals surface area contributed by atoms with E-state index in [9.17, 15) is 0 Å². The monoisotopic (exact) mass is 276 g/mol. The van der Waals surface area contributed by atoms with E-state index >= 15 is 0 Å². The van der Waals surface area contributed by atoms with Crippen molar-refractivity contribution in [1.82, 2.24) is 0 Å². The maximum atomic E-state index is 5.98. The lowest BCUT2D eigenvalue weighted by Gasteiger charge is -2.34. The number of allylic oxidation sites excluding steroid dienone is 2. The van der Waals surface area contributed by atoms with E-state index in [4.69, 9.17) is 4.74 Å². The molecule has 0 aliphatic heterocycles. The molecule has 0 heterocycles. The Morgan fingerprint density at radius 1 is 0.952 bits per heavy atom. The van der Waals surface area contributed by atoms with Crippen molar-refractivity contribution >= 4 is 0 Å². The van der Waals surface area contributed by atoms with Crippen molar-refractivity contribution in [2.45, 2.75) is 5.60 Å². The predicted molar refractivity (Wildman–Crippen MR) is 89.2 cm³/mol. The van der Waals surface area contributed by atoms with Gasteiger partial charge in [-0.3, -0.25) is 0 Å². The Labute approximate surface area is 126 Å². The van der Waals surface area contributed by atoms with Gasteiger partial charge in [-0.05, 0) is 16.7 Å². The van der Waals surface area contributed by atoms with Gasteiger partial charge in [-0.1, -0.05) is 92.0 Å². The van der Waals surface area contributed by atoms with E-state index in [-0.39, 0.29) is 0 Å². The highest BCUT2D eigenvalue weighted by atomic mass is 16.5. The zero-order valence-corrected chi connectivity index (χ0v) is 12.3. The number of hydrogen-bond donors (Lipinski definition) is 0. The average Bonchev–Trinajstić information content (AvgIpc) is 2.56. The molecular formula is C20H20O. The van der Waals surface area contributed by atoms with Crippen molar-refractivity contribution in [1.29, 1.82) is 0 Å². The Balaban J connectivity index is 2.65. The Hall–Kier alpha value is -2.38. The van der Waals surface area contributed by atoms with Crippen LogP contribution in [0.25, 0.3) is 0 Å². The first-order valence-electron chi connectivity index (χ1n) is 6.90. The molecule has 21 heavy (non-hydrogen) atoms. The standard InChI is InChI=1S/C20H20O/c1-4-5-12-17(2)20(21-3,18-13-8-6-9-14-18)19-15-10-7-11-16-19/h4-16H,1-2H2,3H3/b12-5-. The van der Waals surface area contributed by atoms with E-state index in [0.717, 1.165) is 16.7 Å². The van der Waals surface area contributed by atoms with Gasteiger partial charge < -0.3 is 4.74 Å². The minimum absolute atomic E-state index is 0.692. The predicted octanol–water partition coefficient (Wildman–Crippen LogP) is 4.88. The molecule has 0 fully saturated rings. The molecule has 106 valence electrons. The van der Waals surface area contributed by atoms with Gasteiger partial charge in [-0.2, -0.15) is 0 Å². The zero-order chi connectivity index (χ0) is 15.1. The summed E-state index contributed by atoms with van der Waals surface area (Å²) in [5.41, 5.74) is 2.28. The van der Waals surface area contributed by atoms with Crippen molar-refractivity contribution < 1.29 is 4.74 Å². The second-order valence-corrected chi connectivity index (χ2v) is 4.74. The quantitative estimate of drug-likeness (QED) is 0.684. The number of ether oxygens (including phenoxy) is 1. The van der Waals surface area contributed by atoms with E-state index in [1.165, 1.54) is 0 Å².